The minimum atomic E-state index is 0.378. The molecule has 2 heterocycles. The average Bonchev–Trinajstić information content (AvgIpc) is 2.98. The molecule has 0 amide bonds. The zero-order chi connectivity index (χ0) is 14.7. The molecular formula is C16H18ClN3O. The average molecular weight is 304 g/mol. The van der Waals surface area contributed by atoms with Gasteiger partial charge in [-0.1, -0.05) is 41.9 Å². The molecule has 0 bridgehead atoms. The Morgan fingerprint density at radius 1 is 1.29 bits per heavy atom. The van der Waals surface area contributed by atoms with E-state index in [9.17, 15) is 0 Å². The quantitative estimate of drug-likeness (QED) is 0.813. The molecule has 3 rings (SSSR count). The van der Waals surface area contributed by atoms with Gasteiger partial charge in [-0.2, -0.15) is 0 Å². The Labute approximate surface area is 129 Å². The summed E-state index contributed by atoms with van der Waals surface area (Å²) in [5.41, 5.74) is 1.39. The number of hydrogen-bond acceptors (Lipinski definition) is 4. The molecule has 110 valence electrons. The molecule has 2 aromatic rings. The second-order valence-electron chi connectivity index (χ2n) is 5.24. The second-order valence-corrected chi connectivity index (χ2v) is 5.63. The third-order valence-corrected chi connectivity index (χ3v) is 3.98. The van der Waals surface area contributed by atoms with Crippen molar-refractivity contribution >= 4 is 17.4 Å². The standard InChI is InChI=1S/C16H18ClN3O/c1-21-11-15-18-14(17)9-16(19-15)20-8-7-13(10-20)12-5-3-2-4-6-12/h2-6,9,13H,7-8,10-11H2,1H3. The topological polar surface area (TPSA) is 38.2 Å². The van der Waals surface area contributed by atoms with E-state index in [0.29, 0.717) is 23.5 Å². The van der Waals surface area contributed by atoms with Crippen LogP contribution in [0, 0.1) is 0 Å². The molecule has 0 N–H and O–H groups in total. The number of hydrogen-bond donors (Lipinski definition) is 0. The molecule has 1 aromatic heterocycles. The molecule has 1 saturated heterocycles. The highest BCUT2D eigenvalue weighted by atomic mass is 35.5. The van der Waals surface area contributed by atoms with Crippen molar-refractivity contribution in [2.75, 3.05) is 25.1 Å². The van der Waals surface area contributed by atoms with E-state index in [1.54, 1.807) is 7.11 Å². The van der Waals surface area contributed by atoms with Crippen molar-refractivity contribution in [3.05, 3.63) is 52.9 Å². The highest BCUT2D eigenvalue weighted by molar-refractivity contribution is 6.29. The summed E-state index contributed by atoms with van der Waals surface area (Å²) < 4.78 is 5.09. The van der Waals surface area contributed by atoms with Crippen molar-refractivity contribution in [3.63, 3.8) is 0 Å². The molecule has 1 aliphatic rings. The van der Waals surface area contributed by atoms with Gasteiger partial charge in [0.05, 0.1) is 0 Å². The maximum atomic E-state index is 6.08. The molecule has 1 unspecified atom stereocenters. The van der Waals surface area contributed by atoms with Crippen LogP contribution in [0.5, 0.6) is 0 Å². The summed E-state index contributed by atoms with van der Waals surface area (Å²) in [5.74, 6) is 2.06. The van der Waals surface area contributed by atoms with Gasteiger partial charge in [0, 0.05) is 32.2 Å². The third kappa shape index (κ3) is 3.34. The fourth-order valence-corrected chi connectivity index (χ4v) is 2.97. The SMILES string of the molecule is COCc1nc(Cl)cc(N2CCC(c3ccccc3)C2)n1. The Morgan fingerprint density at radius 2 is 2.10 bits per heavy atom. The summed E-state index contributed by atoms with van der Waals surface area (Å²) >= 11 is 6.08. The Balaban J connectivity index is 1.77. The Bertz CT molecular complexity index is 606. The molecule has 1 aliphatic heterocycles. The lowest BCUT2D eigenvalue weighted by Crippen LogP contribution is -2.21. The first-order valence-electron chi connectivity index (χ1n) is 7.08. The van der Waals surface area contributed by atoms with Crippen LogP contribution in [0.2, 0.25) is 5.15 Å². The van der Waals surface area contributed by atoms with E-state index >= 15 is 0 Å². The van der Waals surface area contributed by atoms with Crippen LogP contribution in [0.1, 0.15) is 23.7 Å². The van der Waals surface area contributed by atoms with Crippen LogP contribution in [0.3, 0.4) is 0 Å². The fraction of sp³-hybridized carbons (Fsp3) is 0.375. The van der Waals surface area contributed by atoms with Gasteiger partial charge in [0.25, 0.3) is 0 Å². The summed E-state index contributed by atoms with van der Waals surface area (Å²) in [6, 6.07) is 12.5. The lowest BCUT2D eigenvalue weighted by atomic mass is 9.99. The molecule has 0 spiro atoms. The highest BCUT2D eigenvalue weighted by Gasteiger charge is 2.25. The van der Waals surface area contributed by atoms with Crippen LogP contribution < -0.4 is 4.90 Å². The Morgan fingerprint density at radius 3 is 2.86 bits per heavy atom. The van der Waals surface area contributed by atoms with Crippen LogP contribution in [0.4, 0.5) is 5.82 Å². The molecular weight excluding hydrogens is 286 g/mol. The molecule has 4 nitrogen and oxygen atoms in total. The number of nitrogens with zero attached hydrogens (tertiary/aromatic N) is 3. The Kier molecular flexibility index (Phi) is 4.36. The first-order chi connectivity index (χ1) is 10.3. The van der Waals surface area contributed by atoms with E-state index < -0.39 is 0 Å². The second kappa shape index (κ2) is 6.41. The van der Waals surface area contributed by atoms with Gasteiger partial charge in [-0.05, 0) is 12.0 Å². The highest BCUT2D eigenvalue weighted by Crippen LogP contribution is 2.30. The van der Waals surface area contributed by atoms with Gasteiger partial charge in [0.15, 0.2) is 5.82 Å². The minimum Gasteiger partial charge on any atom is -0.377 e. The van der Waals surface area contributed by atoms with E-state index in [2.05, 4.69) is 45.2 Å². The van der Waals surface area contributed by atoms with Crippen molar-refractivity contribution in [2.24, 2.45) is 0 Å². The number of benzene rings is 1. The first-order valence-corrected chi connectivity index (χ1v) is 7.46. The largest absolute Gasteiger partial charge is 0.377 e. The van der Waals surface area contributed by atoms with Crippen LogP contribution in [-0.4, -0.2) is 30.2 Å². The predicted octanol–water partition coefficient (Wildman–Crippen LogP) is 3.27. The molecule has 1 atom stereocenters. The van der Waals surface area contributed by atoms with Crippen LogP contribution in [-0.2, 0) is 11.3 Å². The molecule has 0 radical (unpaired) electrons. The monoisotopic (exact) mass is 303 g/mol. The van der Waals surface area contributed by atoms with Crippen molar-refractivity contribution in [1.82, 2.24) is 9.97 Å². The van der Waals surface area contributed by atoms with Gasteiger partial charge in [0.1, 0.15) is 17.6 Å². The normalized spacial score (nSPS) is 18.2. The molecule has 1 aromatic carbocycles. The van der Waals surface area contributed by atoms with Crippen molar-refractivity contribution in [2.45, 2.75) is 18.9 Å². The van der Waals surface area contributed by atoms with Gasteiger partial charge in [-0.3, -0.25) is 0 Å². The van der Waals surface area contributed by atoms with Gasteiger partial charge >= 0.3 is 0 Å². The van der Waals surface area contributed by atoms with Gasteiger partial charge in [-0.25, -0.2) is 9.97 Å². The number of aromatic nitrogens is 2. The lowest BCUT2D eigenvalue weighted by molar-refractivity contribution is 0.178. The first kappa shape index (κ1) is 14.3. The summed E-state index contributed by atoms with van der Waals surface area (Å²) in [6.45, 7) is 2.33. The van der Waals surface area contributed by atoms with Gasteiger partial charge in [0.2, 0.25) is 0 Å². The maximum absolute atomic E-state index is 6.08. The van der Waals surface area contributed by atoms with E-state index in [4.69, 9.17) is 16.3 Å². The number of ether oxygens (including phenoxy) is 1. The number of methoxy groups -OCH3 is 1. The molecule has 0 saturated carbocycles. The predicted molar refractivity (Wildman–Crippen MR) is 83.8 cm³/mol. The van der Waals surface area contributed by atoms with Crippen molar-refractivity contribution in [1.29, 1.82) is 0 Å². The van der Waals surface area contributed by atoms with Crippen LogP contribution >= 0.6 is 11.6 Å². The van der Waals surface area contributed by atoms with Crippen LogP contribution in [0.15, 0.2) is 36.4 Å². The van der Waals surface area contributed by atoms with E-state index in [-0.39, 0.29) is 0 Å². The number of anilines is 1. The molecule has 5 heteroatoms. The summed E-state index contributed by atoms with van der Waals surface area (Å²) in [6.07, 6.45) is 1.13. The van der Waals surface area contributed by atoms with E-state index in [1.165, 1.54) is 5.56 Å². The van der Waals surface area contributed by atoms with Gasteiger partial charge in [-0.15, -0.1) is 0 Å². The summed E-state index contributed by atoms with van der Waals surface area (Å²) in [7, 11) is 1.63. The maximum Gasteiger partial charge on any atom is 0.158 e. The molecule has 0 aliphatic carbocycles. The van der Waals surface area contributed by atoms with E-state index in [1.807, 2.05) is 6.07 Å². The van der Waals surface area contributed by atoms with Crippen molar-refractivity contribution < 1.29 is 4.74 Å². The number of halogens is 1. The lowest BCUT2D eigenvalue weighted by Gasteiger charge is -2.18. The minimum absolute atomic E-state index is 0.378. The molecule has 21 heavy (non-hydrogen) atoms. The zero-order valence-electron chi connectivity index (χ0n) is 12.0. The van der Waals surface area contributed by atoms with Crippen LogP contribution in [0.25, 0.3) is 0 Å². The fourth-order valence-electron chi connectivity index (χ4n) is 2.77. The van der Waals surface area contributed by atoms with Crippen molar-refractivity contribution in [3.8, 4) is 0 Å². The smallest absolute Gasteiger partial charge is 0.158 e. The summed E-state index contributed by atoms with van der Waals surface area (Å²) in [4.78, 5) is 11.0. The summed E-state index contributed by atoms with van der Waals surface area (Å²) in [5, 5.41) is 0.468. The number of rotatable bonds is 4. The van der Waals surface area contributed by atoms with E-state index in [0.717, 1.165) is 25.3 Å². The third-order valence-electron chi connectivity index (χ3n) is 3.78. The van der Waals surface area contributed by atoms with Gasteiger partial charge < -0.3 is 9.64 Å². The zero-order valence-corrected chi connectivity index (χ0v) is 12.8. The molecule has 1 fully saturated rings. The Hall–Kier alpha value is -1.65.